The quantitative estimate of drug-likeness (QED) is 0.296. The minimum Gasteiger partial charge on any atom is -0.493 e. The Morgan fingerprint density at radius 2 is 1.94 bits per heavy atom. The molecule has 5 rings (SSSR count). The molecule has 3 unspecified atom stereocenters. The van der Waals surface area contributed by atoms with Gasteiger partial charge < -0.3 is 9.46 Å². The van der Waals surface area contributed by atoms with E-state index in [1.807, 2.05) is 18.2 Å². The van der Waals surface area contributed by atoms with Crippen molar-refractivity contribution in [1.82, 2.24) is 14.3 Å². The summed E-state index contributed by atoms with van der Waals surface area (Å²) in [5.41, 5.74) is 1.75. The Morgan fingerprint density at radius 3 is 2.69 bits per heavy atom. The normalized spacial score (nSPS) is 22.9. The second kappa shape index (κ2) is 10.3. The van der Waals surface area contributed by atoms with Crippen LogP contribution in [0.3, 0.4) is 0 Å². The third-order valence-corrected chi connectivity index (χ3v) is 7.66. The summed E-state index contributed by atoms with van der Waals surface area (Å²) in [6, 6.07) is 11.5. The number of anilines is 1. The fourth-order valence-electron chi connectivity index (χ4n) is 4.71. The van der Waals surface area contributed by atoms with E-state index in [2.05, 4.69) is 23.7 Å². The van der Waals surface area contributed by atoms with Gasteiger partial charge in [0.05, 0.1) is 12.7 Å². The Hall–Kier alpha value is -2.41. The van der Waals surface area contributed by atoms with Crippen molar-refractivity contribution < 1.29 is 27.0 Å². The zero-order valence-electron chi connectivity index (χ0n) is 18.4. The molecule has 2 aliphatic rings. The molecule has 0 amide bonds. The largest absolute Gasteiger partial charge is 0.522 e. The monoisotopic (exact) mass is 526 g/mol. The maximum Gasteiger partial charge on any atom is 0.522 e. The standard InChI is InChI=1S/C23H22F4N4O2S2/c24-15-3-1-14(2-4-15)20-11-16(33-23(25,26)27)7-9-31(20)19-8-10-32-21-12-17(5-6-18(19)21)34-30-22-28-13-29-35-22/h1-6,12-13,16,19-20H,7-11H2,(H,28,29,30). The van der Waals surface area contributed by atoms with Gasteiger partial charge in [-0.1, -0.05) is 18.2 Å². The van der Waals surface area contributed by atoms with Crippen LogP contribution >= 0.6 is 23.5 Å². The average molecular weight is 527 g/mol. The Morgan fingerprint density at radius 1 is 1.11 bits per heavy atom. The minimum absolute atomic E-state index is 0.0455. The van der Waals surface area contributed by atoms with Crippen molar-refractivity contribution in [2.75, 3.05) is 17.9 Å². The molecule has 186 valence electrons. The highest BCUT2D eigenvalue weighted by Crippen LogP contribution is 2.45. The molecule has 12 heteroatoms. The number of hydrogen-bond acceptors (Lipinski definition) is 8. The number of hydrogen-bond donors (Lipinski definition) is 1. The summed E-state index contributed by atoms with van der Waals surface area (Å²) in [5.74, 6) is 0.361. The van der Waals surface area contributed by atoms with E-state index in [-0.39, 0.29) is 30.7 Å². The molecular weight excluding hydrogens is 504 g/mol. The van der Waals surface area contributed by atoms with E-state index in [1.165, 1.54) is 41.9 Å². The molecule has 3 atom stereocenters. The number of rotatable bonds is 6. The van der Waals surface area contributed by atoms with Crippen LogP contribution in [0.2, 0.25) is 0 Å². The van der Waals surface area contributed by atoms with Crippen LogP contribution in [0.5, 0.6) is 5.75 Å². The molecule has 1 N–H and O–H groups in total. The van der Waals surface area contributed by atoms with Crippen LogP contribution in [0.25, 0.3) is 0 Å². The SMILES string of the molecule is Fc1ccc(C2CC(OC(F)(F)F)CCN2C2CCOc3cc(SNc4ncns4)ccc32)cc1. The molecule has 2 aromatic carbocycles. The molecule has 0 radical (unpaired) electrons. The van der Waals surface area contributed by atoms with Crippen molar-refractivity contribution in [1.29, 1.82) is 0 Å². The number of piperidine rings is 1. The van der Waals surface area contributed by atoms with Crippen molar-refractivity contribution >= 4 is 28.6 Å². The fraction of sp³-hybridized carbons (Fsp3) is 0.391. The zero-order chi connectivity index (χ0) is 24.4. The lowest BCUT2D eigenvalue weighted by Gasteiger charge is -2.45. The van der Waals surface area contributed by atoms with Crippen molar-refractivity contribution in [3.05, 3.63) is 65.7 Å². The van der Waals surface area contributed by atoms with Gasteiger partial charge in [-0.2, -0.15) is 4.37 Å². The molecule has 1 fully saturated rings. The van der Waals surface area contributed by atoms with Crippen molar-refractivity contribution in [3.8, 4) is 5.75 Å². The number of ether oxygens (including phenoxy) is 2. The predicted octanol–water partition coefficient (Wildman–Crippen LogP) is 6.36. The van der Waals surface area contributed by atoms with Crippen LogP contribution < -0.4 is 9.46 Å². The van der Waals surface area contributed by atoms with Crippen LogP contribution in [0.4, 0.5) is 22.7 Å². The van der Waals surface area contributed by atoms with Crippen LogP contribution in [0.15, 0.2) is 53.7 Å². The third-order valence-electron chi connectivity index (χ3n) is 6.16. The first-order valence-corrected chi connectivity index (χ1v) is 12.7. The van der Waals surface area contributed by atoms with Gasteiger partial charge in [0.25, 0.3) is 0 Å². The van der Waals surface area contributed by atoms with Gasteiger partial charge in [0.15, 0.2) is 0 Å². The Kier molecular flexibility index (Phi) is 7.14. The highest BCUT2D eigenvalue weighted by Gasteiger charge is 2.41. The Labute approximate surface area is 207 Å². The summed E-state index contributed by atoms with van der Waals surface area (Å²) in [4.78, 5) is 7.24. The molecule has 1 saturated heterocycles. The van der Waals surface area contributed by atoms with Gasteiger partial charge >= 0.3 is 6.36 Å². The molecule has 0 saturated carbocycles. The van der Waals surface area contributed by atoms with Gasteiger partial charge in [-0.3, -0.25) is 9.64 Å². The van der Waals surface area contributed by atoms with Crippen LogP contribution in [-0.2, 0) is 4.74 Å². The lowest BCUT2D eigenvalue weighted by Crippen LogP contribution is -2.44. The smallest absolute Gasteiger partial charge is 0.493 e. The summed E-state index contributed by atoms with van der Waals surface area (Å²) in [5, 5.41) is 0.692. The summed E-state index contributed by atoms with van der Waals surface area (Å²) in [6.07, 6.45) is -3.05. The average Bonchev–Trinajstić information content (AvgIpc) is 3.35. The van der Waals surface area contributed by atoms with Crippen LogP contribution in [-0.4, -0.2) is 39.9 Å². The number of nitrogens with one attached hydrogen (secondary N) is 1. The second-order valence-electron chi connectivity index (χ2n) is 8.32. The lowest BCUT2D eigenvalue weighted by molar-refractivity contribution is -0.347. The molecule has 2 aliphatic heterocycles. The highest BCUT2D eigenvalue weighted by molar-refractivity contribution is 8.00. The first kappa shape index (κ1) is 24.3. The molecule has 3 heterocycles. The van der Waals surface area contributed by atoms with Crippen molar-refractivity contribution in [2.24, 2.45) is 0 Å². The summed E-state index contributed by atoms with van der Waals surface area (Å²) in [6.45, 7) is 0.909. The number of benzene rings is 2. The van der Waals surface area contributed by atoms with E-state index < -0.39 is 12.5 Å². The van der Waals surface area contributed by atoms with E-state index >= 15 is 0 Å². The maximum absolute atomic E-state index is 13.6. The first-order chi connectivity index (χ1) is 16.9. The molecule has 0 bridgehead atoms. The lowest BCUT2D eigenvalue weighted by atomic mass is 9.88. The molecule has 6 nitrogen and oxygen atoms in total. The third kappa shape index (κ3) is 5.88. The fourth-order valence-corrected chi connectivity index (χ4v) is 5.83. The highest BCUT2D eigenvalue weighted by atomic mass is 32.2. The van der Waals surface area contributed by atoms with Gasteiger partial charge in [-0.05, 0) is 54.6 Å². The van der Waals surface area contributed by atoms with E-state index in [0.717, 1.165) is 21.8 Å². The van der Waals surface area contributed by atoms with E-state index in [4.69, 9.17) is 4.74 Å². The molecular formula is C23H22F4N4O2S2. The van der Waals surface area contributed by atoms with E-state index in [9.17, 15) is 17.6 Å². The van der Waals surface area contributed by atoms with Gasteiger partial charge in [0, 0.05) is 47.0 Å². The maximum atomic E-state index is 13.6. The van der Waals surface area contributed by atoms with Crippen molar-refractivity contribution in [3.63, 3.8) is 0 Å². The topological polar surface area (TPSA) is 59.5 Å². The zero-order valence-corrected chi connectivity index (χ0v) is 20.0. The first-order valence-electron chi connectivity index (χ1n) is 11.1. The summed E-state index contributed by atoms with van der Waals surface area (Å²) >= 11 is 2.66. The predicted molar refractivity (Wildman–Crippen MR) is 125 cm³/mol. The van der Waals surface area contributed by atoms with Gasteiger partial charge in [-0.25, -0.2) is 9.37 Å². The number of likely N-dealkylation sites (tertiary alicyclic amines) is 1. The molecule has 0 aliphatic carbocycles. The second-order valence-corrected chi connectivity index (χ2v) is 9.98. The van der Waals surface area contributed by atoms with Gasteiger partial charge in [0.1, 0.15) is 17.9 Å². The number of fused-ring (bicyclic) bond motifs is 1. The molecule has 3 aromatic rings. The van der Waals surface area contributed by atoms with Crippen LogP contribution in [0.1, 0.15) is 42.5 Å². The van der Waals surface area contributed by atoms with Crippen molar-refractivity contribution in [2.45, 2.75) is 48.7 Å². The Bertz CT molecular complexity index is 1130. The molecule has 0 spiro atoms. The molecule has 1 aromatic heterocycles. The Balaban J connectivity index is 1.38. The van der Waals surface area contributed by atoms with E-state index in [0.29, 0.717) is 24.7 Å². The number of halogens is 4. The van der Waals surface area contributed by atoms with E-state index in [1.54, 1.807) is 12.1 Å². The van der Waals surface area contributed by atoms with Gasteiger partial charge in [-0.15, -0.1) is 13.2 Å². The number of aromatic nitrogens is 2. The summed E-state index contributed by atoms with van der Waals surface area (Å²) < 4.78 is 69.9. The minimum atomic E-state index is -4.69. The number of alkyl halides is 3. The van der Waals surface area contributed by atoms with Gasteiger partial charge in [0.2, 0.25) is 5.13 Å². The number of nitrogens with zero attached hydrogens (tertiary/aromatic N) is 3. The molecule has 35 heavy (non-hydrogen) atoms. The summed E-state index contributed by atoms with van der Waals surface area (Å²) in [7, 11) is 0. The van der Waals surface area contributed by atoms with Crippen LogP contribution in [0, 0.1) is 5.82 Å².